The van der Waals surface area contributed by atoms with E-state index < -0.39 is 42.1 Å². The lowest BCUT2D eigenvalue weighted by Gasteiger charge is -2.14. The maximum atomic E-state index is 12.7. The van der Waals surface area contributed by atoms with Gasteiger partial charge in [0.15, 0.2) is 5.69 Å². The molecule has 1 aromatic heterocycles. The zero-order chi connectivity index (χ0) is 15.5. The van der Waals surface area contributed by atoms with E-state index in [1.165, 1.54) is 6.92 Å². The van der Waals surface area contributed by atoms with E-state index in [-0.39, 0.29) is 12.2 Å². The van der Waals surface area contributed by atoms with Crippen LogP contribution in [0.25, 0.3) is 0 Å². The van der Waals surface area contributed by atoms with Gasteiger partial charge >= 0.3 is 12.1 Å². The average Bonchev–Trinajstić information content (AvgIpc) is 2.30. The van der Waals surface area contributed by atoms with Crippen LogP contribution in [0, 0.1) is 0 Å². The lowest BCUT2D eigenvalue weighted by atomic mass is 10.1. The first-order valence-corrected chi connectivity index (χ1v) is 5.47. The van der Waals surface area contributed by atoms with Gasteiger partial charge in [-0.05, 0) is 18.6 Å². The van der Waals surface area contributed by atoms with Crippen LogP contribution in [0.5, 0.6) is 0 Å². The van der Waals surface area contributed by atoms with Gasteiger partial charge in [0.1, 0.15) is 5.69 Å². The summed E-state index contributed by atoms with van der Waals surface area (Å²) in [6.45, 7) is 1.51. The van der Waals surface area contributed by atoms with Gasteiger partial charge in [0.2, 0.25) is 0 Å². The number of nitrogens with zero attached hydrogens (tertiary/aromatic N) is 1. The highest BCUT2D eigenvalue weighted by atomic mass is 19.4. The molecule has 0 fully saturated rings. The van der Waals surface area contributed by atoms with Crippen LogP contribution in [0.2, 0.25) is 0 Å². The Labute approximate surface area is 110 Å². The summed E-state index contributed by atoms with van der Waals surface area (Å²) in [4.78, 5) is 14.0. The lowest BCUT2D eigenvalue weighted by Crippen LogP contribution is -2.17. The minimum Gasteiger partial charge on any atom is -0.466 e. The fraction of sp³-hybridized carbons (Fsp3) is 0.455. The van der Waals surface area contributed by atoms with Crippen LogP contribution in [0.15, 0.2) is 6.07 Å². The highest BCUT2D eigenvalue weighted by Gasteiger charge is 2.37. The van der Waals surface area contributed by atoms with Crippen LogP contribution >= 0.6 is 0 Å². The fourth-order valence-corrected chi connectivity index (χ4v) is 1.47. The van der Waals surface area contributed by atoms with Crippen molar-refractivity contribution in [3.05, 3.63) is 23.0 Å². The largest absolute Gasteiger partial charge is 0.466 e. The third kappa shape index (κ3) is 3.78. The average molecular weight is 298 g/mol. The molecular weight excluding hydrogens is 287 g/mol. The third-order valence-corrected chi connectivity index (χ3v) is 2.30. The first kappa shape index (κ1) is 16.1. The normalized spacial score (nSPS) is 11.8. The molecule has 9 heteroatoms. The van der Waals surface area contributed by atoms with E-state index in [1.807, 2.05) is 0 Å². The van der Waals surface area contributed by atoms with E-state index in [0.29, 0.717) is 6.07 Å². The number of anilines is 1. The molecular formula is C11H11F5N2O2. The summed E-state index contributed by atoms with van der Waals surface area (Å²) >= 11 is 0. The van der Waals surface area contributed by atoms with Crippen LogP contribution in [-0.2, 0) is 22.1 Å². The number of carbonyl (C=O) groups excluding carboxylic acids is 1. The van der Waals surface area contributed by atoms with Gasteiger partial charge in [-0.15, -0.1) is 0 Å². The number of esters is 1. The molecule has 0 radical (unpaired) electrons. The van der Waals surface area contributed by atoms with Crippen molar-refractivity contribution in [2.75, 3.05) is 12.3 Å². The van der Waals surface area contributed by atoms with Crippen LogP contribution in [0.4, 0.5) is 27.6 Å². The van der Waals surface area contributed by atoms with Gasteiger partial charge < -0.3 is 10.5 Å². The molecule has 20 heavy (non-hydrogen) atoms. The Morgan fingerprint density at radius 2 is 2.05 bits per heavy atom. The zero-order valence-corrected chi connectivity index (χ0v) is 10.3. The second-order valence-electron chi connectivity index (χ2n) is 3.75. The molecule has 0 saturated heterocycles. The number of aromatic nitrogens is 1. The molecule has 0 aliphatic carbocycles. The van der Waals surface area contributed by atoms with Crippen molar-refractivity contribution < 1.29 is 31.5 Å². The maximum absolute atomic E-state index is 12.7. The van der Waals surface area contributed by atoms with Crippen molar-refractivity contribution in [3.63, 3.8) is 0 Å². The number of rotatable bonds is 4. The van der Waals surface area contributed by atoms with Crippen molar-refractivity contribution in [2.45, 2.75) is 25.9 Å². The Bertz CT molecular complexity index is 502. The number of hydrogen-bond donors (Lipinski definition) is 1. The minimum absolute atomic E-state index is 0.0116. The lowest BCUT2D eigenvalue weighted by molar-refractivity contribution is -0.143. The Hall–Kier alpha value is -1.93. The number of nitrogen functional groups attached to an aromatic ring is 1. The van der Waals surface area contributed by atoms with E-state index in [0.717, 1.165) is 0 Å². The Kier molecular flexibility index (Phi) is 4.85. The first-order chi connectivity index (χ1) is 9.16. The van der Waals surface area contributed by atoms with Crippen LogP contribution in [0.3, 0.4) is 0 Å². The standard InChI is InChI=1S/C11H11F5N2O2/c1-2-20-7(19)4-5-3-6(10(12)13)18-9(8(5)17)11(14,15)16/h3,10H,2,4,17H2,1H3. The van der Waals surface area contributed by atoms with Gasteiger partial charge in [-0.2, -0.15) is 13.2 Å². The smallest absolute Gasteiger partial charge is 0.435 e. The molecule has 2 N–H and O–H groups in total. The minimum atomic E-state index is -4.99. The number of hydrogen-bond acceptors (Lipinski definition) is 4. The summed E-state index contributed by atoms with van der Waals surface area (Å²) in [6.07, 6.45) is -8.83. The molecule has 0 saturated carbocycles. The first-order valence-electron chi connectivity index (χ1n) is 5.47. The summed E-state index contributed by atoms with van der Waals surface area (Å²) in [7, 11) is 0. The van der Waals surface area contributed by atoms with E-state index in [1.54, 1.807) is 0 Å². The van der Waals surface area contributed by atoms with Crippen LogP contribution in [-0.4, -0.2) is 17.6 Å². The van der Waals surface area contributed by atoms with E-state index in [2.05, 4.69) is 9.72 Å². The number of nitrogens with two attached hydrogens (primary N) is 1. The van der Waals surface area contributed by atoms with Gasteiger partial charge in [-0.25, -0.2) is 13.8 Å². The quantitative estimate of drug-likeness (QED) is 0.685. The Morgan fingerprint density at radius 3 is 2.50 bits per heavy atom. The highest BCUT2D eigenvalue weighted by Crippen LogP contribution is 2.35. The number of pyridine rings is 1. The summed E-state index contributed by atoms with van der Waals surface area (Å²) < 4.78 is 67.6. The number of halogens is 5. The predicted octanol–water partition coefficient (Wildman–Crippen LogP) is 2.73. The summed E-state index contributed by atoms with van der Waals surface area (Å²) in [5, 5.41) is 0. The van der Waals surface area contributed by atoms with Gasteiger partial charge in [-0.3, -0.25) is 4.79 Å². The van der Waals surface area contributed by atoms with Gasteiger partial charge in [0.25, 0.3) is 6.43 Å². The van der Waals surface area contributed by atoms with Crippen LogP contribution in [0.1, 0.15) is 30.3 Å². The highest BCUT2D eigenvalue weighted by molar-refractivity contribution is 5.75. The fourth-order valence-electron chi connectivity index (χ4n) is 1.47. The molecule has 1 aromatic rings. The summed E-state index contributed by atoms with van der Waals surface area (Å²) in [5.74, 6) is -0.862. The summed E-state index contributed by atoms with van der Waals surface area (Å²) in [5.41, 5.74) is 1.29. The molecule has 0 aromatic carbocycles. The molecule has 4 nitrogen and oxygen atoms in total. The van der Waals surface area contributed by atoms with E-state index in [4.69, 9.17) is 5.73 Å². The van der Waals surface area contributed by atoms with Gasteiger partial charge in [0, 0.05) is 0 Å². The molecule has 1 rings (SSSR count). The number of carbonyl (C=O) groups is 1. The summed E-state index contributed by atoms with van der Waals surface area (Å²) in [6, 6.07) is 0.673. The molecule has 0 unspecified atom stereocenters. The van der Waals surface area contributed by atoms with Crippen molar-refractivity contribution in [2.24, 2.45) is 0 Å². The van der Waals surface area contributed by atoms with E-state index in [9.17, 15) is 26.7 Å². The SMILES string of the molecule is CCOC(=O)Cc1cc(C(F)F)nc(C(F)(F)F)c1N. The van der Waals surface area contributed by atoms with Crippen molar-refractivity contribution >= 4 is 11.7 Å². The second kappa shape index (κ2) is 6.02. The van der Waals surface area contributed by atoms with Crippen molar-refractivity contribution in [1.29, 1.82) is 0 Å². The molecule has 0 amide bonds. The molecule has 0 atom stereocenters. The molecule has 1 heterocycles. The Morgan fingerprint density at radius 1 is 1.45 bits per heavy atom. The maximum Gasteiger partial charge on any atom is 0.435 e. The predicted molar refractivity (Wildman–Crippen MR) is 58.9 cm³/mol. The molecule has 112 valence electrons. The van der Waals surface area contributed by atoms with Crippen molar-refractivity contribution in [1.82, 2.24) is 4.98 Å². The van der Waals surface area contributed by atoms with Crippen LogP contribution < -0.4 is 5.73 Å². The van der Waals surface area contributed by atoms with E-state index >= 15 is 0 Å². The van der Waals surface area contributed by atoms with Gasteiger partial charge in [-0.1, -0.05) is 0 Å². The number of ether oxygens (including phenoxy) is 1. The topological polar surface area (TPSA) is 65.2 Å². The van der Waals surface area contributed by atoms with Crippen molar-refractivity contribution in [3.8, 4) is 0 Å². The monoisotopic (exact) mass is 298 g/mol. The molecule has 0 aliphatic rings. The van der Waals surface area contributed by atoms with Gasteiger partial charge in [0.05, 0.1) is 18.7 Å². The molecule has 0 spiro atoms. The zero-order valence-electron chi connectivity index (χ0n) is 10.3. The number of alkyl halides is 5. The molecule has 0 aliphatic heterocycles. The third-order valence-electron chi connectivity index (χ3n) is 2.30. The molecule has 0 bridgehead atoms. The second-order valence-corrected chi connectivity index (χ2v) is 3.75. The Balaban J connectivity index is 3.28.